The molecule has 21 heavy (non-hydrogen) atoms. The number of benzene rings is 1. The van der Waals surface area contributed by atoms with Gasteiger partial charge in [0.25, 0.3) is 0 Å². The minimum Gasteiger partial charge on any atom is -0.497 e. The number of unbranched alkanes of at least 4 members (excludes halogenated alkanes) is 1. The maximum absolute atomic E-state index is 5.57. The second-order valence-electron chi connectivity index (χ2n) is 5.92. The molecule has 0 unspecified atom stereocenters. The van der Waals surface area contributed by atoms with Crippen molar-refractivity contribution in [3.63, 3.8) is 0 Å². The van der Waals surface area contributed by atoms with Crippen LogP contribution in [-0.2, 0) is 4.74 Å². The topological polar surface area (TPSA) is 30.5 Å². The van der Waals surface area contributed by atoms with E-state index in [1.54, 1.807) is 7.11 Å². The van der Waals surface area contributed by atoms with E-state index in [2.05, 4.69) is 30.4 Å². The molecule has 0 bridgehead atoms. The molecule has 0 aliphatic heterocycles. The van der Waals surface area contributed by atoms with E-state index in [0.717, 1.165) is 31.9 Å². The van der Waals surface area contributed by atoms with E-state index in [-0.39, 0.29) is 0 Å². The normalized spacial score (nSPS) is 21.0. The van der Waals surface area contributed by atoms with Gasteiger partial charge >= 0.3 is 0 Å². The van der Waals surface area contributed by atoms with Crippen LogP contribution in [-0.4, -0.2) is 32.9 Å². The summed E-state index contributed by atoms with van der Waals surface area (Å²) in [5.74, 6) is 1.66. The monoisotopic (exact) mass is 291 g/mol. The number of nitrogens with one attached hydrogen (secondary N) is 1. The summed E-state index contributed by atoms with van der Waals surface area (Å²) in [6.45, 7) is 5.07. The van der Waals surface area contributed by atoms with Gasteiger partial charge in [-0.05, 0) is 55.8 Å². The van der Waals surface area contributed by atoms with Crippen molar-refractivity contribution in [2.75, 3.05) is 26.9 Å². The lowest BCUT2D eigenvalue weighted by molar-refractivity contribution is 0.127. The van der Waals surface area contributed by atoms with Crippen LogP contribution in [0.4, 0.5) is 0 Å². The minimum absolute atomic E-state index is 0.678. The molecule has 3 nitrogen and oxygen atoms in total. The Kier molecular flexibility index (Phi) is 7.04. The summed E-state index contributed by atoms with van der Waals surface area (Å²) in [5.41, 5.74) is 1.41. The Morgan fingerprint density at radius 1 is 1.19 bits per heavy atom. The first-order chi connectivity index (χ1) is 10.3. The SMILES string of the molecule is CCCCOCCCNC1CC(c2cccc(OC)c2)C1. The largest absolute Gasteiger partial charge is 0.497 e. The van der Waals surface area contributed by atoms with Crippen molar-refractivity contribution in [1.29, 1.82) is 0 Å². The van der Waals surface area contributed by atoms with Crippen molar-refractivity contribution in [3.8, 4) is 5.75 Å². The van der Waals surface area contributed by atoms with Gasteiger partial charge in [0.05, 0.1) is 7.11 Å². The van der Waals surface area contributed by atoms with Gasteiger partial charge in [-0.1, -0.05) is 25.5 Å². The molecule has 118 valence electrons. The molecule has 1 aromatic rings. The van der Waals surface area contributed by atoms with Crippen LogP contribution < -0.4 is 10.1 Å². The summed E-state index contributed by atoms with van der Waals surface area (Å²) in [4.78, 5) is 0. The van der Waals surface area contributed by atoms with Crippen LogP contribution in [0.15, 0.2) is 24.3 Å². The maximum Gasteiger partial charge on any atom is 0.119 e. The summed E-state index contributed by atoms with van der Waals surface area (Å²) in [6, 6.07) is 9.16. The van der Waals surface area contributed by atoms with E-state index in [1.165, 1.54) is 31.2 Å². The number of ether oxygens (including phenoxy) is 2. The predicted octanol–water partition coefficient (Wildman–Crippen LogP) is 3.74. The van der Waals surface area contributed by atoms with Gasteiger partial charge in [-0.2, -0.15) is 0 Å². The molecule has 1 aliphatic carbocycles. The highest BCUT2D eigenvalue weighted by Crippen LogP contribution is 2.37. The third kappa shape index (κ3) is 5.33. The standard InChI is InChI=1S/C18H29NO2/c1-3-4-10-21-11-6-9-19-17-12-16(13-17)15-7-5-8-18(14-15)20-2/h5,7-8,14,16-17,19H,3-4,6,9-13H2,1-2H3. The van der Waals surface area contributed by atoms with Crippen LogP contribution in [0.5, 0.6) is 5.75 Å². The number of methoxy groups -OCH3 is 1. The number of rotatable bonds is 10. The molecule has 0 amide bonds. The molecule has 1 aliphatic rings. The van der Waals surface area contributed by atoms with Gasteiger partial charge in [0.15, 0.2) is 0 Å². The fourth-order valence-electron chi connectivity index (χ4n) is 2.78. The van der Waals surface area contributed by atoms with Crippen LogP contribution in [0, 0.1) is 0 Å². The van der Waals surface area contributed by atoms with Crippen LogP contribution in [0.2, 0.25) is 0 Å². The molecular weight excluding hydrogens is 262 g/mol. The molecule has 1 fully saturated rings. The molecule has 0 aromatic heterocycles. The molecule has 0 saturated heterocycles. The zero-order valence-electron chi connectivity index (χ0n) is 13.4. The summed E-state index contributed by atoms with van der Waals surface area (Å²) in [6.07, 6.45) is 5.99. The number of hydrogen-bond donors (Lipinski definition) is 1. The average Bonchev–Trinajstić information content (AvgIpc) is 2.48. The first-order valence-corrected chi connectivity index (χ1v) is 8.28. The average molecular weight is 291 g/mol. The molecule has 1 aromatic carbocycles. The van der Waals surface area contributed by atoms with E-state index in [1.807, 2.05) is 6.07 Å². The second-order valence-corrected chi connectivity index (χ2v) is 5.92. The van der Waals surface area contributed by atoms with Gasteiger partial charge in [-0.15, -0.1) is 0 Å². The fourth-order valence-corrected chi connectivity index (χ4v) is 2.78. The third-order valence-electron chi connectivity index (χ3n) is 4.24. The Morgan fingerprint density at radius 3 is 2.76 bits per heavy atom. The van der Waals surface area contributed by atoms with Crippen molar-refractivity contribution in [2.24, 2.45) is 0 Å². The van der Waals surface area contributed by atoms with Crippen LogP contribution >= 0.6 is 0 Å². The van der Waals surface area contributed by atoms with Crippen LogP contribution in [0.1, 0.15) is 50.5 Å². The zero-order valence-corrected chi connectivity index (χ0v) is 13.4. The lowest BCUT2D eigenvalue weighted by Gasteiger charge is -2.36. The van der Waals surface area contributed by atoms with Crippen LogP contribution in [0.25, 0.3) is 0 Å². The fraction of sp³-hybridized carbons (Fsp3) is 0.667. The first kappa shape index (κ1) is 16.3. The quantitative estimate of drug-likeness (QED) is 0.666. The summed E-state index contributed by atoms with van der Waals surface area (Å²) in [5, 5.41) is 3.63. The summed E-state index contributed by atoms with van der Waals surface area (Å²) in [7, 11) is 1.73. The summed E-state index contributed by atoms with van der Waals surface area (Å²) < 4.78 is 10.9. The molecule has 1 saturated carbocycles. The molecule has 0 spiro atoms. The van der Waals surface area contributed by atoms with Gasteiger partial charge in [0, 0.05) is 19.3 Å². The molecule has 1 N–H and O–H groups in total. The smallest absolute Gasteiger partial charge is 0.119 e. The maximum atomic E-state index is 5.57. The minimum atomic E-state index is 0.678. The van der Waals surface area contributed by atoms with Crippen molar-refractivity contribution in [2.45, 2.75) is 51.0 Å². The zero-order chi connectivity index (χ0) is 14.9. The molecule has 0 atom stereocenters. The highest BCUT2D eigenvalue weighted by atomic mass is 16.5. The van der Waals surface area contributed by atoms with Gasteiger partial charge < -0.3 is 14.8 Å². The molecular formula is C18H29NO2. The molecule has 0 radical (unpaired) electrons. The lowest BCUT2D eigenvalue weighted by atomic mass is 9.76. The highest BCUT2D eigenvalue weighted by Gasteiger charge is 2.29. The van der Waals surface area contributed by atoms with Gasteiger partial charge in [0.1, 0.15) is 5.75 Å². The Balaban J connectivity index is 1.55. The first-order valence-electron chi connectivity index (χ1n) is 8.28. The van der Waals surface area contributed by atoms with Crippen molar-refractivity contribution in [3.05, 3.63) is 29.8 Å². The molecule has 2 rings (SSSR count). The number of hydrogen-bond acceptors (Lipinski definition) is 3. The van der Waals surface area contributed by atoms with Gasteiger partial charge in [-0.25, -0.2) is 0 Å². The highest BCUT2D eigenvalue weighted by molar-refractivity contribution is 5.32. The Hall–Kier alpha value is -1.06. The molecule has 3 heteroatoms. The third-order valence-corrected chi connectivity index (χ3v) is 4.24. The van der Waals surface area contributed by atoms with E-state index in [4.69, 9.17) is 9.47 Å². The van der Waals surface area contributed by atoms with Gasteiger partial charge in [0.2, 0.25) is 0 Å². The Labute approximate surface area is 129 Å². The van der Waals surface area contributed by atoms with Crippen LogP contribution in [0.3, 0.4) is 0 Å². The van der Waals surface area contributed by atoms with Crippen molar-refractivity contribution in [1.82, 2.24) is 5.32 Å². The molecule has 0 heterocycles. The van der Waals surface area contributed by atoms with E-state index < -0.39 is 0 Å². The Morgan fingerprint density at radius 2 is 2.00 bits per heavy atom. The predicted molar refractivity (Wildman–Crippen MR) is 87.1 cm³/mol. The lowest BCUT2D eigenvalue weighted by Crippen LogP contribution is -2.40. The Bertz CT molecular complexity index is 402. The van der Waals surface area contributed by atoms with Gasteiger partial charge in [-0.3, -0.25) is 0 Å². The second kappa shape index (κ2) is 9.06. The van der Waals surface area contributed by atoms with E-state index >= 15 is 0 Å². The van der Waals surface area contributed by atoms with E-state index in [0.29, 0.717) is 12.0 Å². The van der Waals surface area contributed by atoms with E-state index in [9.17, 15) is 0 Å². The van der Waals surface area contributed by atoms with Crippen molar-refractivity contribution < 1.29 is 9.47 Å². The van der Waals surface area contributed by atoms with Crippen molar-refractivity contribution >= 4 is 0 Å². The summed E-state index contributed by atoms with van der Waals surface area (Å²) >= 11 is 0.